The summed E-state index contributed by atoms with van der Waals surface area (Å²) >= 11 is 12.2. The first-order valence-electron chi connectivity index (χ1n) is 7.52. The normalized spacial score (nSPS) is 30.4. The Morgan fingerprint density at radius 3 is 2.55 bits per heavy atom. The predicted octanol–water partition coefficient (Wildman–Crippen LogP) is 4.10. The molecule has 2 nitrogen and oxygen atoms in total. The van der Waals surface area contributed by atoms with Gasteiger partial charge in [0.25, 0.3) is 0 Å². The van der Waals surface area contributed by atoms with Crippen molar-refractivity contribution in [1.82, 2.24) is 10.2 Å². The molecule has 2 atom stereocenters. The highest BCUT2D eigenvalue weighted by Gasteiger charge is 2.35. The average Bonchev–Trinajstić information content (AvgIpc) is 2.38. The number of halogens is 2. The van der Waals surface area contributed by atoms with Crippen LogP contribution in [0.25, 0.3) is 0 Å². The van der Waals surface area contributed by atoms with Crippen LogP contribution < -0.4 is 5.32 Å². The molecule has 2 heterocycles. The lowest BCUT2D eigenvalue weighted by molar-refractivity contribution is 0.0482. The first-order chi connectivity index (χ1) is 9.63. The van der Waals surface area contributed by atoms with E-state index in [-0.39, 0.29) is 0 Å². The number of rotatable bonds is 3. The second kappa shape index (κ2) is 6.23. The summed E-state index contributed by atoms with van der Waals surface area (Å²) in [6.45, 7) is 0.837. The first-order valence-corrected chi connectivity index (χ1v) is 8.28. The molecule has 3 rings (SSSR count). The molecule has 0 aromatic heterocycles. The molecule has 110 valence electrons. The standard InChI is InChI=1S/C16H22Cl2N2/c1-20-14-3-2-4-15(20)9-13(8-14)19-10-11-5-6-12(17)7-16(11)18/h5-7,13-15,19H,2-4,8-10H2,1H3. The molecule has 0 saturated carbocycles. The van der Waals surface area contributed by atoms with Gasteiger partial charge in [0.05, 0.1) is 0 Å². The Morgan fingerprint density at radius 2 is 1.90 bits per heavy atom. The van der Waals surface area contributed by atoms with E-state index in [4.69, 9.17) is 23.2 Å². The third-order valence-electron chi connectivity index (χ3n) is 4.94. The summed E-state index contributed by atoms with van der Waals surface area (Å²) in [6, 6.07) is 7.90. The fourth-order valence-corrected chi connectivity index (χ4v) is 4.18. The van der Waals surface area contributed by atoms with Crippen LogP contribution in [0, 0.1) is 0 Å². The van der Waals surface area contributed by atoms with Crippen LogP contribution in [0.1, 0.15) is 37.7 Å². The molecule has 0 spiro atoms. The molecule has 0 aliphatic carbocycles. The van der Waals surface area contributed by atoms with Crippen molar-refractivity contribution in [3.05, 3.63) is 33.8 Å². The van der Waals surface area contributed by atoms with Crippen molar-refractivity contribution in [2.24, 2.45) is 0 Å². The van der Waals surface area contributed by atoms with E-state index in [9.17, 15) is 0 Å². The monoisotopic (exact) mass is 312 g/mol. The Balaban J connectivity index is 1.59. The van der Waals surface area contributed by atoms with E-state index in [0.717, 1.165) is 29.2 Å². The Kier molecular flexibility index (Phi) is 4.56. The van der Waals surface area contributed by atoms with Crippen LogP contribution in [0.5, 0.6) is 0 Å². The lowest BCUT2D eigenvalue weighted by atomic mass is 9.82. The fourth-order valence-electron chi connectivity index (χ4n) is 3.70. The third kappa shape index (κ3) is 3.14. The molecule has 0 amide bonds. The Morgan fingerprint density at radius 1 is 1.20 bits per heavy atom. The zero-order valence-electron chi connectivity index (χ0n) is 11.9. The van der Waals surface area contributed by atoms with Gasteiger partial charge in [-0.05, 0) is 50.4 Å². The van der Waals surface area contributed by atoms with Crippen molar-refractivity contribution in [2.45, 2.75) is 56.8 Å². The third-order valence-corrected chi connectivity index (χ3v) is 5.52. The van der Waals surface area contributed by atoms with Crippen molar-refractivity contribution in [3.63, 3.8) is 0 Å². The molecule has 1 aromatic rings. The molecular formula is C16H22Cl2N2. The molecule has 2 unspecified atom stereocenters. The van der Waals surface area contributed by atoms with Gasteiger partial charge in [-0.3, -0.25) is 0 Å². The van der Waals surface area contributed by atoms with E-state index in [0.29, 0.717) is 11.1 Å². The molecule has 2 aliphatic heterocycles. The van der Waals surface area contributed by atoms with Crippen LogP contribution in [-0.2, 0) is 6.54 Å². The van der Waals surface area contributed by atoms with E-state index in [2.05, 4.69) is 17.3 Å². The summed E-state index contributed by atoms with van der Waals surface area (Å²) in [5.41, 5.74) is 1.14. The van der Waals surface area contributed by atoms with Crippen LogP contribution in [0.15, 0.2) is 18.2 Å². The van der Waals surface area contributed by atoms with Crippen LogP contribution >= 0.6 is 23.2 Å². The van der Waals surface area contributed by atoms with Gasteiger partial charge in [0, 0.05) is 34.7 Å². The van der Waals surface area contributed by atoms with Gasteiger partial charge in [-0.1, -0.05) is 35.7 Å². The minimum atomic E-state index is 0.619. The fraction of sp³-hybridized carbons (Fsp3) is 0.625. The summed E-state index contributed by atoms with van der Waals surface area (Å²) in [5.74, 6) is 0. The maximum atomic E-state index is 6.23. The minimum absolute atomic E-state index is 0.619. The highest BCUT2D eigenvalue weighted by atomic mass is 35.5. The van der Waals surface area contributed by atoms with Crippen molar-refractivity contribution < 1.29 is 0 Å². The van der Waals surface area contributed by atoms with Gasteiger partial charge >= 0.3 is 0 Å². The second-order valence-corrected chi connectivity index (χ2v) is 7.03. The molecule has 0 radical (unpaired) electrons. The molecule has 2 aliphatic rings. The SMILES string of the molecule is CN1C2CCCC1CC(NCc1ccc(Cl)cc1Cl)C2. The molecule has 1 aromatic carbocycles. The van der Waals surface area contributed by atoms with Crippen LogP contribution in [0.3, 0.4) is 0 Å². The molecule has 4 heteroatoms. The quantitative estimate of drug-likeness (QED) is 0.904. The van der Waals surface area contributed by atoms with E-state index in [1.807, 2.05) is 18.2 Å². The summed E-state index contributed by atoms with van der Waals surface area (Å²) < 4.78 is 0. The maximum Gasteiger partial charge on any atom is 0.0465 e. The van der Waals surface area contributed by atoms with Gasteiger partial charge in [0.2, 0.25) is 0 Å². The van der Waals surface area contributed by atoms with E-state index in [1.54, 1.807) is 0 Å². The van der Waals surface area contributed by atoms with Crippen molar-refractivity contribution >= 4 is 23.2 Å². The number of nitrogens with one attached hydrogen (secondary N) is 1. The Labute approximate surface area is 131 Å². The summed E-state index contributed by atoms with van der Waals surface area (Å²) in [6.07, 6.45) is 6.63. The van der Waals surface area contributed by atoms with Gasteiger partial charge in [0.1, 0.15) is 0 Å². The lowest BCUT2D eigenvalue weighted by Crippen LogP contribution is -2.54. The van der Waals surface area contributed by atoms with Crippen LogP contribution in [-0.4, -0.2) is 30.1 Å². The number of hydrogen-bond donors (Lipinski definition) is 1. The van der Waals surface area contributed by atoms with E-state index >= 15 is 0 Å². The van der Waals surface area contributed by atoms with Crippen LogP contribution in [0.4, 0.5) is 0 Å². The Hall–Kier alpha value is -0.280. The topological polar surface area (TPSA) is 15.3 Å². The molecular weight excluding hydrogens is 291 g/mol. The number of nitrogens with zero attached hydrogens (tertiary/aromatic N) is 1. The second-order valence-electron chi connectivity index (χ2n) is 6.19. The number of hydrogen-bond acceptors (Lipinski definition) is 2. The predicted molar refractivity (Wildman–Crippen MR) is 85.5 cm³/mol. The molecule has 20 heavy (non-hydrogen) atoms. The van der Waals surface area contributed by atoms with E-state index < -0.39 is 0 Å². The minimum Gasteiger partial charge on any atom is -0.310 e. The van der Waals surface area contributed by atoms with Crippen molar-refractivity contribution in [3.8, 4) is 0 Å². The van der Waals surface area contributed by atoms with E-state index in [1.165, 1.54) is 32.1 Å². The zero-order chi connectivity index (χ0) is 14.1. The van der Waals surface area contributed by atoms with Gasteiger partial charge in [-0.2, -0.15) is 0 Å². The summed E-state index contributed by atoms with van der Waals surface area (Å²) in [7, 11) is 2.29. The lowest BCUT2D eigenvalue weighted by Gasteiger charge is -2.47. The average molecular weight is 313 g/mol. The van der Waals surface area contributed by atoms with Gasteiger partial charge in [-0.25, -0.2) is 0 Å². The van der Waals surface area contributed by atoms with Gasteiger partial charge in [0.15, 0.2) is 0 Å². The Bertz CT molecular complexity index is 464. The van der Waals surface area contributed by atoms with Crippen molar-refractivity contribution in [2.75, 3.05) is 7.05 Å². The maximum absolute atomic E-state index is 6.23. The highest BCUT2D eigenvalue weighted by Crippen LogP contribution is 2.32. The van der Waals surface area contributed by atoms with Gasteiger partial charge < -0.3 is 10.2 Å². The van der Waals surface area contributed by atoms with Crippen molar-refractivity contribution in [1.29, 1.82) is 0 Å². The molecule has 2 fully saturated rings. The smallest absolute Gasteiger partial charge is 0.0465 e. The number of piperidine rings is 2. The summed E-state index contributed by atoms with van der Waals surface area (Å²) in [4.78, 5) is 2.59. The largest absolute Gasteiger partial charge is 0.310 e. The highest BCUT2D eigenvalue weighted by molar-refractivity contribution is 6.35. The number of fused-ring (bicyclic) bond motifs is 2. The molecule has 1 N–H and O–H groups in total. The first kappa shape index (κ1) is 14.6. The molecule has 2 bridgehead atoms. The zero-order valence-corrected chi connectivity index (χ0v) is 13.4. The number of benzene rings is 1. The van der Waals surface area contributed by atoms with Gasteiger partial charge in [-0.15, -0.1) is 0 Å². The molecule has 2 saturated heterocycles. The van der Waals surface area contributed by atoms with Crippen LogP contribution in [0.2, 0.25) is 10.0 Å². The summed E-state index contributed by atoms with van der Waals surface area (Å²) in [5, 5.41) is 5.16.